The molecule has 0 saturated carbocycles. The number of carbonyl (C=O) groups is 1. The van der Waals surface area contributed by atoms with Crippen molar-refractivity contribution >= 4 is 15.9 Å². The van der Waals surface area contributed by atoms with Gasteiger partial charge < -0.3 is 14.6 Å². The van der Waals surface area contributed by atoms with Gasteiger partial charge in [-0.25, -0.2) is 13.1 Å². The molecule has 0 unspecified atom stereocenters. The highest BCUT2D eigenvalue weighted by Crippen LogP contribution is 2.12. The van der Waals surface area contributed by atoms with E-state index in [4.69, 9.17) is 4.42 Å². The summed E-state index contributed by atoms with van der Waals surface area (Å²) < 4.78 is 31.3. The largest absolute Gasteiger partial charge is 0.463 e. The van der Waals surface area contributed by atoms with Crippen molar-refractivity contribution in [3.63, 3.8) is 0 Å². The second-order valence-electron chi connectivity index (χ2n) is 5.59. The van der Waals surface area contributed by atoms with E-state index in [-0.39, 0.29) is 16.8 Å². The molecule has 0 fully saturated rings. The van der Waals surface area contributed by atoms with Gasteiger partial charge in [0.25, 0.3) is 5.91 Å². The number of quaternary nitrogens is 1. The number of benzene rings is 1. The predicted octanol–water partition coefficient (Wildman–Crippen LogP) is -0.197. The number of carbonyl (C=O) groups excluding carboxylic acids is 1. The molecule has 3 N–H and O–H groups in total. The highest BCUT2D eigenvalue weighted by atomic mass is 32.2. The van der Waals surface area contributed by atoms with Gasteiger partial charge in [0.2, 0.25) is 10.0 Å². The minimum Gasteiger partial charge on any atom is -0.463 e. The fourth-order valence-corrected chi connectivity index (χ4v) is 3.07. The van der Waals surface area contributed by atoms with E-state index in [9.17, 15) is 13.2 Å². The molecule has 2 aromatic rings. The molecule has 24 heavy (non-hydrogen) atoms. The number of sulfonamides is 1. The summed E-state index contributed by atoms with van der Waals surface area (Å²) >= 11 is 0. The fraction of sp³-hybridized carbons (Fsp3) is 0.312. The summed E-state index contributed by atoms with van der Waals surface area (Å²) in [5.41, 5.74) is 0.290. The van der Waals surface area contributed by atoms with E-state index in [2.05, 4.69) is 10.0 Å². The zero-order chi connectivity index (χ0) is 17.7. The van der Waals surface area contributed by atoms with Crippen LogP contribution in [-0.4, -0.2) is 42.0 Å². The molecule has 0 radical (unpaired) electrons. The van der Waals surface area contributed by atoms with E-state index in [0.717, 1.165) is 10.7 Å². The highest BCUT2D eigenvalue weighted by molar-refractivity contribution is 7.89. The molecule has 7 nitrogen and oxygen atoms in total. The smallest absolute Gasteiger partial charge is 0.251 e. The Labute approximate surface area is 141 Å². The summed E-state index contributed by atoms with van der Waals surface area (Å²) in [4.78, 5) is 13.5. The lowest BCUT2D eigenvalue weighted by atomic mass is 10.2. The van der Waals surface area contributed by atoms with E-state index in [1.54, 1.807) is 24.5 Å². The third-order valence-electron chi connectivity index (χ3n) is 3.73. The first-order chi connectivity index (χ1) is 11.3. The quantitative estimate of drug-likeness (QED) is 0.644. The van der Waals surface area contributed by atoms with Gasteiger partial charge in [-0.15, -0.1) is 0 Å². The molecule has 1 atom stereocenters. The molecule has 0 aliphatic rings. The molecular formula is C16H22N3O4S+. The Balaban J connectivity index is 2.11. The van der Waals surface area contributed by atoms with Gasteiger partial charge in [-0.2, -0.15) is 0 Å². The van der Waals surface area contributed by atoms with Crippen molar-refractivity contribution in [2.45, 2.75) is 10.9 Å². The number of hydrogen-bond donors (Lipinski definition) is 3. The standard InChI is InChI=1S/C16H21N3O4S/c1-17-24(21,22)13-7-4-6-12(10-13)16(20)18-11-14(19(2)3)15-8-5-9-23-15/h4-10,14,17H,11H2,1-3H3,(H,18,20)/p+1/t14-/m1/s1. The van der Waals surface area contributed by atoms with Crippen LogP contribution >= 0.6 is 0 Å². The van der Waals surface area contributed by atoms with Crippen LogP contribution in [0.1, 0.15) is 22.2 Å². The lowest BCUT2D eigenvalue weighted by Crippen LogP contribution is -3.07. The average Bonchev–Trinajstić information content (AvgIpc) is 3.09. The fourth-order valence-electron chi connectivity index (χ4n) is 2.30. The summed E-state index contributed by atoms with van der Waals surface area (Å²) in [6.07, 6.45) is 1.60. The maximum Gasteiger partial charge on any atom is 0.251 e. The van der Waals surface area contributed by atoms with Gasteiger partial charge >= 0.3 is 0 Å². The Hall–Kier alpha value is -2.16. The molecule has 2 rings (SSSR count). The molecule has 0 spiro atoms. The molecule has 1 aromatic carbocycles. The second kappa shape index (κ2) is 7.61. The Bertz CT molecular complexity index is 785. The zero-order valence-corrected chi connectivity index (χ0v) is 14.7. The number of hydrogen-bond acceptors (Lipinski definition) is 4. The second-order valence-corrected chi connectivity index (χ2v) is 7.48. The van der Waals surface area contributed by atoms with Crippen LogP contribution in [0, 0.1) is 0 Å². The van der Waals surface area contributed by atoms with Gasteiger partial charge in [-0.1, -0.05) is 6.07 Å². The van der Waals surface area contributed by atoms with Gasteiger partial charge in [0.1, 0.15) is 0 Å². The zero-order valence-electron chi connectivity index (χ0n) is 13.9. The molecule has 1 amide bonds. The van der Waals surface area contributed by atoms with Crippen LogP contribution in [0.3, 0.4) is 0 Å². The van der Waals surface area contributed by atoms with Crippen LogP contribution in [0.2, 0.25) is 0 Å². The van der Waals surface area contributed by atoms with Crippen LogP contribution in [-0.2, 0) is 10.0 Å². The van der Waals surface area contributed by atoms with Gasteiger partial charge in [0, 0.05) is 5.56 Å². The van der Waals surface area contributed by atoms with Crippen molar-refractivity contribution < 1.29 is 22.5 Å². The van der Waals surface area contributed by atoms with E-state index < -0.39 is 10.0 Å². The van der Waals surface area contributed by atoms with Crippen molar-refractivity contribution in [2.24, 2.45) is 0 Å². The van der Waals surface area contributed by atoms with Gasteiger partial charge in [0.05, 0.1) is 31.8 Å². The van der Waals surface area contributed by atoms with Gasteiger partial charge in [-0.3, -0.25) is 4.79 Å². The monoisotopic (exact) mass is 352 g/mol. The molecule has 1 heterocycles. The SMILES string of the molecule is CNS(=O)(=O)c1cccc(C(=O)NC[C@H](c2ccco2)[NH+](C)C)c1. The van der Waals surface area contributed by atoms with Crippen LogP contribution in [0.5, 0.6) is 0 Å². The summed E-state index contributed by atoms with van der Waals surface area (Å²) in [5, 5.41) is 2.83. The van der Waals surface area contributed by atoms with Gasteiger partial charge in [0.15, 0.2) is 11.8 Å². The lowest BCUT2D eigenvalue weighted by Gasteiger charge is -2.19. The number of nitrogens with one attached hydrogen (secondary N) is 3. The maximum absolute atomic E-state index is 12.3. The van der Waals surface area contributed by atoms with Crippen molar-refractivity contribution in [3.05, 3.63) is 54.0 Å². The van der Waals surface area contributed by atoms with Crippen molar-refractivity contribution in [1.29, 1.82) is 0 Å². The maximum atomic E-state index is 12.3. The molecule has 130 valence electrons. The minimum atomic E-state index is -3.58. The van der Waals surface area contributed by atoms with E-state index >= 15 is 0 Å². The Morgan fingerprint density at radius 2 is 2.00 bits per heavy atom. The average molecular weight is 352 g/mol. The summed E-state index contributed by atoms with van der Waals surface area (Å²) in [6, 6.07) is 9.55. The topological polar surface area (TPSA) is 92.8 Å². The Kier molecular flexibility index (Phi) is 5.76. The first kappa shape index (κ1) is 18.2. The molecular weight excluding hydrogens is 330 g/mol. The Morgan fingerprint density at radius 3 is 2.58 bits per heavy atom. The van der Waals surface area contributed by atoms with Gasteiger partial charge in [-0.05, 0) is 37.4 Å². The van der Waals surface area contributed by atoms with Crippen molar-refractivity contribution in [2.75, 3.05) is 27.7 Å². The molecule has 8 heteroatoms. The molecule has 1 aromatic heterocycles. The van der Waals surface area contributed by atoms with E-state index in [0.29, 0.717) is 12.1 Å². The van der Waals surface area contributed by atoms with Crippen LogP contribution in [0.25, 0.3) is 0 Å². The van der Waals surface area contributed by atoms with Crippen LogP contribution < -0.4 is 14.9 Å². The summed E-state index contributed by atoms with van der Waals surface area (Å²) in [7, 11) is 1.69. The number of amides is 1. The number of likely N-dealkylation sites (N-methyl/N-ethyl adjacent to an activating group) is 1. The normalized spacial score (nSPS) is 13.0. The first-order valence-electron chi connectivity index (χ1n) is 7.50. The highest BCUT2D eigenvalue weighted by Gasteiger charge is 2.22. The minimum absolute atomic E-state index is 0.0341. The Morgan fingerprint density at radius 1 is 1.25 bits per heavy atom. The molecule has 0 saturated heterocycles. The number of furan rings is 1. The predicted molar refractivity (Wildman–Crippen MR) is 89.3 cm³/mol. The van der Waals surface area contributed by atoms with Crippen molar-refractivity contribution in [1.82, 2.24) is 10.0 Å². The van der Waals surface area contributed by atoms with Crippen LogP contribution in [0.4, 0.5) is 0 Å². The first-order valence-corrected chi connectivity index (χ1v) is 8.98. The van der Waals surface area contributed by atoms with E-state index in [1.807, 2.05) is 20.2 Å². The molecule has 0 aliphatic heterocycles. The van der Waals surface area contributed by atoms with Crippen LogP contribution in [0.15, 0.2) is 52.0 Å². The third-order valence-corrected chi connectivity index (χ3v) is 5.14. The lowest BCUT2D eigenvalue weighted by molar-refractivity contribution is -0.891. The summed E-state index contributed by atoms with van der Waals surface area (Å²) in [6.45, 7) is 0.373. The number of rotatable bonds is 7. The van der Waals surface area contributed by atoms with Crippen molar-refractivity contribution in [3.8, 4) is 0 Å². The molecule has 0 aliphatic carbocycles. The van der Waals surface area contributed by atoms with E-state index in [1.165, 1.54) is 19.2 Å². The third kappa shape index (κ3) is 4.22. The summed E-state index contributed by atoms with van der Waals surface area (Å²) in [5.74, 6) is 0.447. The molecule has 0 bridgehead atoms.